The maximum Gasteiger partial charge on any atom is 0.365 e. The van der Waals surface area contributed by atoms with Gasteiger partial charge in [-0.1, -0.05) is 25.9 Å². The lowest BCUT2D eigenvalue weighted by molar-refractivity contribution is -0.384. The normalized spacial score (nSPS) is 22.2. The summed E-state index contributed by atoms with van der Waals surface area (Å²) in [6.45, 7) is 6.47. The summed E-state index contributed by atoms with van der Waals surface area (Å²) in [5, 5.41) is 23.9. The molecule has 0 aromatic heterocycles. The van der Waals surface area contributed by atoms with Gasteiger partial charge in [0.05, 0.1) is 28.2 Å². The monoisotopic (exact) mass is 343 g/mol. The summed E-state index contributed by atoms with van der Waals surface area (Å²) in [7, 11) is 0. The largest absolute Gasteiger partial charge is 0.365 e. The molecule has 0 radical (unpaired) electrons. The third-order valence-electron chi connectivity index (χ3n) is 4.61. The summed E-state index contributed by atoms with van der Waals surface area (Å²) >= 11 is 0. The van der Waals surface area contributed by atoms with Crippen molar-refractivity contribution in [2.45, 2.75) is 40.0 Å². The van der Waals surface area contributed by atoms with E-state index < -0.39 is 10.9 Å². The van der Waals surface area contributed by atoms with Crippen molar-refractivity contribution < 1.29 is 14.6 Å². The molecule has 0 heterocycles. The van der Waals surface area contributed by atoms with Crippen molar-refractivity contribution in [3.8, 4) is 6.07 Å². The number of hydrogen-bond acceptors (Lipinski definition) is 6. The highest BCUT2D eigenvalue weighted by atomic mass is 16.7. The van der Waals surface area contributed by atoms with Gasteiger partial charge in [-0.2, -0.15) is 5.26 Å². The topological polar surface area (TPSA) is 106 Å². The van der Waals surface area contributed by atoms with Gasteiger partial charge in [-0.25, -0.2) is 4.79 Å². The number of nitro benzene ring substituents is 1. The lowest BCUT2D eigenvalue weighted by Crippen LogP contribution is -2.31. The van der Waals surface area contributed by atoms with Crippen LogP contribution in [0.25, 0.3) is 0 Å². The van der Waals surface area contributed by atoms with Gasteiger partial charge in [0.2, 0.25) is 0 Å². The molecule has 0 spiro atoms. The van der Waals surface area contributed by atoms with Crippen molar-refractivity contribution in [1.82, 2.24) is 0 Å². The first-order valence-electron chi connectivity index (χ1n) is 8.14. The van der Waals surface area contributed by atoms with Crippen LogP contribution in [0.5, 0.6) is 0 Å². The highest BCUT2D eigenvalue weighted by molar-refractivity contribution is 5.92. The van der Waals surface area contributed by atoms with E-state index in [0.717, 1.165) is 6.42 Å². The number of rotatable bonds is 3. The number of hydrogen-bond donors (Lipinski definition) is 0. The molecule has 0 aliphatic heterocycles. The van der Waals surface area contributed by atoms with Crippen LogP contribution < -0.4 is 0 Å². The molecule has 0 bridgehead atoms. The fraction of sp³-hybridized carbons (Fsp3) is 0.500. The standard InChI is InChI=1S/C18H21N3O4/c1-18(2,3)14-6-9-16(13(10-14)11-19)20-25-17(22)12-4-7-15(8-5-12)21(23)24/h4-5,7-8,13-14H,6,9-10H2,1-3H3/b20-16+/t13-,14+/m1/s1. The first-order chi connectivity index (χ1) is 11.7. The number of benzene rings is 1. The SMILES string of the molecule is CC(C)(C)[C@H]1CC/C(=N\OC(=O)c2ccc([N+](=O)[O-])cc2)[C@@H](C#N)C1. The molecule has 1 aliphatic rings. The molecular formula is C18H21N3O4. The third-order valence-corrected chi connectivity index (χ3v) is 4.61. The molecule has 1 saturated carbocycles. The lowest BCUT2D eigenvalue weighted by atomic mass is 9.69. The Morgan fingerprint density at radius 3 is 2.52 bits per heavy atom. The summed E-state index contributed by atoms with van der Waals surface area (Å²) in [5.74, 6) is -0.638. The average molecular weight is 343 g/mol. The second kappa shape index (κ2) is 7.43. The van der Waals surface area contributed by atoms with Crippen molar-refractivity contribution in [2.75, 3.05) is 0 Å². The Morgan fingerprint density at radius 1 is 1.36 bits per heavy atom. The van der Waals surface area contributed by atoms with Gasteiger partial charge in [0, 0.05) is 12.1 Å². The van der Waals surface area contributed by atoms with Gasteiger partial charge in [-0.3, -0.25) is 10.1 Å². The Bertz CT molecular complexity index is 726. The van der Waals surface area contributed by atoms with Crippen LogP contribution >= 0.6 is 0 Å². The average Bonchev–Trinajstić information content (AvgIpc) is 2.58. The van der Waals surface area contributed by atoms with Gasteiger partial charge in [-0.05, 0) is 42.7 Å². The molecule has 2 atom stereocenters. The zero-order valence-corrected chi connectivity index (χ0v) is 14.6. The molecule has 25 heavy (non-hydrogen) atoms. The first-order valence-corrected chi connectivity index (χ1v) is 8.14. The predicted octanol–water partition coefficient (Wildman–Crippen LogP) is 4.09. The van der Waals surface area contributed by atoms with Crippen LogP contribution in [0, 0.1) is 38.7 Å². The van der Waals surface area contributed by atoms with Crippen LogP contribution in [0.1, 0.15) is 50.4 Å². The second-order valence-corrected chi connectivity index (χ2v) is 7.28. The zero-order valence-electron chi connectivity index (χ0n) is 14.6. The summed E-state index contributed by atoms with van der Waals surface area (Å²) < 4.78 is 0. The molecule has 0 saturated heterocycles. The lowest BCUT2D eigenvalue weighted by Gasteiger charge is -2.35. The number of carbonyl (C=O) groups excluding carboxylic acids is 1. The first kappa shape index (κ1) is 18.6. The van der Waals surface area contributed by atoms with Gasteiger partial charge >= 0.3 is 5.97 Å². The van der Waals surface area contributed by atoms with Crippen molar-refractivity contribution in [1.29, 1.82) is 5.26 Å². The van der Waals surface area contributed by atoms with Gasteiger partial charge in [-0.15, -0.1) is 0 Å². The minimum absolute atomic E-state index is 0.104. The van der Waals surface area contributed by atoms with E-state index in [-0.39, 0.29) is 22.6 Å². The molecule has 1 fully saturated rings. The Kier molecular flexibility index (Phi) is 5.52. The maximum atomic E-state index is 12.0. The molecule has 0 unspecified atom stereocenters. The summed E-state index contributed by atoms with van der Waals surface area (Å²) in [6.07, 6.45) is 2.22. The van der Waals surface area contributed by atoms with Crippen LogP contribution in [-0.2, 0) is 4.84 Å². The van der Waals surface area contributed by atoms with Gasteiger partial charge in [0.25, 0.3) is 5.69 Å². The molecule has 2 rings (SSSR count). The summed E-state index contributed by atoms with van der Waals surface area (Å²) in [4.78, 5) is 27.0. The third kappa shape index (κ3) is 4.63. The fourth-order valence-corrected chi connectivity index (χ4v) is 2.93. The van der Waals surface area contributed by atoms with Crippen LogP contribution in [-0.4, -0.2) is 16.6 Å². The smallest absolute Gasteiger partial charge is 0.313 e. The molecule has 132 valence electrons. The van der Waals surface area contributed by atoms with Crippen molar-refractivity contribution in [3.05, 3.63) is 39.9 Å². The van der Waals surface area contributed by atoms with Crippen LogP contribution in [0.15, 0.2) is 29.4 Å². The quantitative estimate of drug-likeness (QED) is 0.467. The number of oxime groups is 1. The minimum atomic E-state index is -0.697. The van der Waals surface area contributed by atoms with Crippen molar-refractivity contribution >= 4 is 17.4 Å². The molecule has 1 aromatic carbocycles. The highest BCUT2D eigenvalue weighted by Crippen LogP contribution is 2.39. The molecule has 7 nitrogen and oxygen atoms in total. The van der Waals surface area contributed by atoms with Crippen LogP contribution in [0.3, 0.4) is 0 Å². The molecule has 0 amide bonds. The van der Waals surface area contributed by atoms with E-state index in [4.69, 9.17) is 4.84 Å². The summed E-state index contributed by atoms with van der Waals surface area (Å²) in [6, 6.07) is 7.34. The molecule has 1 aliphatic carbocycles. The molecule has 0 N–H and O–H groups in total. The number of non-ortho nitro benzene ring substituents is 1. The van der Waals surface area contributed by atoms with E-state index in [1.54, 1.807) is 0 Å². The number of nitro groups is 1. The minimum Gasteiger partial charge on any atom is -0.313 e. The number of carbonyl (C=O) groups is 1. The van der Waals surface area contributed by atoms with E-state index in [9.17, 15) is 20.2 Å². The Hall–Kier alpha value is -2.75. The summed E-state index contributed by atoms with van der Waals surface area (Å²) in [5.41, 5.74) is 0.772. The fourth-order valence-electron chi connectivity index (χ4n) is 2.93. The van der Waals surface area contributed by atoms with Gasteiger partial charge < -0.3 is 4.84 Å². The molecular weight excluding hydrogens is 322 g/mol. The molecule has 1 aromatic rings. The van der Waals surface area contributed by atoms with Crippen LogP contribution in [0.4, 0.5) is 5.69 Å². The second-order valence-electron chi connectivity index (χ2n) is 7.28. The number of nitrogens with zero attached hydrogens (tertiary/aromatic N) is 3. The Morgan fingerprint density at radius 2 is 2.00 bits per heavy atom. The van der Waals surface area contributed by atoms with Crippen LogP contribution in [0.2, 0.25) is 0 Å². The molecule has 7 heteroatoms. The Balaban J connectivity index is 2.04. The zero-order chi connectivity index (χ0) is 18.6. The van der Waals surface area contributed by atoms with E-state index in [2.05, 4.69) is 32.0 Å². The number of nitriles is 1. The van der Waals surface area contributed by atoms with E-state index in [1.807, 2.05) is 0 Å². The van der Waals surface area contributed by atoms with E-state index in [1.165, 1.54) is 24.3 Å². The van der Waals surface area contributed by atoms with Gasteiger partial charge in [0.1, 0.15) is 0 Å². The highest BCUT2D eigenvalue weighted by Gasteiger charge is 2.34. The Labute approximate surface area is 146 Å². The predicted molar refractivity (Wildman–Crippen MR) is 91.8 cm³/mol. The van der Waals surface area contributed by atoms with E-state index >= 15 is 0 Å². The van der Waals surface area contributed by atoms with E-state index in [0.29, 0.717) is 24.5 Å². The maximum absolute atomic E-state index is 12.0. The van der Waals surface area contributed by atoms with Crippen molar-refractivity contribution in [3.63, 3.8) is 0 Å². The van der Waals surface area contributed by atoms with Gasteiger partial charge in [0.15, 0.2) is 0 Å². The van der Waals surface area contributed by atoms with Crippen molar-refractivity contribution in [2.24, 2.45) is 22.4 Å².